The van der Waals surface area contributed by atoms with E-state index in [1.54, 1.807) is 0 Å². The second-order valence-electron chi connectivity index (χ2n) is 0.224. The van der Waals surface area contributed by atoms with Crippen molar-refractivity contribution in [1.82, 2.24) is 0 Å². The summed E-state index contributed by atoms with van der Waals surface area (Å²) < 4.78 is 0. The van der Waals surface area contributed by atoms with E-state index in [1.807, 2.05) is 0 Å². The molecule has 0 aliphatic heterocycles. The van der Waals surface area contributed by atoms with Gasteiger partial charge in [-0.15, -0.1) is 0 Å². The molecule has 0 atom stereocenters. The van der Waals surface area contributed by atoms with Gasteiger partial charge in [-0.3, -0.25) is 0 Å². The molecule has 0 rings (SSSR count). The predicted octanol–water partition coefficient (Wildman–Crippen LogP) is -1.43. The van der Waals surface area contributed by atoms with Crippen molar-refractivity contribution in [3.8, 4) is 0 Å². The Morgan fingerprint density at radius 2 is 1.33 bits per heavy atom. The van der Waals surface area contributed by atoms with Crippen molar-refractivity contribution < 1.29 is 22.2 Å². The van der Waals surface area contributed by atoms with Gasteiger partial charge in [0.15, 0.2) is 0 Å². The van der Waals surface area contributed by atoms with Gasteiger partial charge in [0.2, 0.25) is 0 Å². The molecule has 6 heavy (non-hydrogen) atoms. The summed E-state index contributed by atoms with van der Waals surface area (Å²) in [6, 6.07) is 0. The van der Waals surface area contributed by atoms with Crippen molar-refractivity contribution in [2.75, 3.05) is 0 Å². The summed E-state index contributed by atoms with van der Waals surface area (Å²) in [5.74, 6) is 0. The van der Waals surface area contributed by atoms with E-state index in [4.69, 9.17) is 15.3 Å². The molecule has 0 aliphatic carbocycles. The molecule has 6 heteroatoms. The van der Waals surface area contributed by atoms with Crippen molar-refractivity contribution in [2.45, 2.75) is 0 Å². The van der Waals surface area contributed by atoms with E-state index in [0.29, 0.717) is 0 Å². The molecule has 0 aromatic carbocycles. The first-order chi connectivity index (χ1) is 1.73. The maximum Gasteiger partial charge on any atom is 1.00 e. The van der Waals surface area contributed by atoms with Gasteiger partial charge in [-0.05, 0) is 0 Å². The minimum atomic E-state index is -1.75. The Morgan fingerprint density at radius 1 is 1.33 bits per heavy atom. The van der Waals surface area contributed by atoms with Gasteiger partial charge in [-0.25, -0.2) is 0 Å². The molecule has 0 heterocycles. The zero-order chi connectivity index (χ0) is 3.58. The van der Waals surface area contributed by atoms with E-state index >= 15 is 0 Å². The zero-order valence-electron chi connectivity index (χ0n) is 2.68. The Morgan fingerprint density at radius 3 is 1.33 bits per heavy atom. The Balaban J connectivity index is -0.0000000450. The molecule has 0 spiro atoms. The minimum absolute atomic E-state index is 0. The number of rotatable bonds is 0. The van der Waals surface area contributed by atoms with Gasteiger partial charge in [-0.2, -0.15) is 0 Å². The van der Waals surface area contributed by atoms with E-state index in [9.17, 15) is 0 Å². The van der Waals surface area contributed by atoms with Crippen molar-refractivity contribution >= 4 is 26.2 Å². The van der Waals surface area contributed by atoms with Crippen LogP contribution in [0.4, 0.5) is 0 Å². The predicted molar refractivity (Wildman–Crippen MR) is 20.3 cm³/mol. The molecule has 0 amide bonds. The molecule has 0 saturated carbocycles. The Bertz CT molecular complexity index is 33.8. The fourth-order valence-electron chi connectivity index (χ4n) is 0. The van der Waals surface area contributed by atoms with Crippen LogP contribution in [0, 0.1) is 15.3 Å². The van der Waals surface area contributed by atoms with Gasteiger partial charge in [0.25, 0.3) is 0 Å². The van der Waals surface area contributed by atoms with Crippen LogP contribution in [0.15, 0.2) is 0 Å². The largest absolute Gasteiger partial charge is 1.00 e. The summed E-state index contributed by atoms with van der Waals surface area (Å²) >= 11 is 0. The van der Waals surface area contributed by atoms with E-state index in [2.05, 4.69) is 0 Å². The quantitative estimate of drug-likeness (QED) is 0.309. The Kier molecular flexibility index (Phi) is 24.3. The molecule has 0 aliphatic rings. The number of hydrogen-bond donors (Lipinski definition) is 0. The van der Waals surface area contributed by atoms with Crippen LogP contribution in [0.1, 0.15) is 0 Å². The molecule has 0 unspecified atom stereocenters. The van der Waals surface area contributed by atoms with Gasteiger partial charge < -0.3 is 15.3 Å². The molecular weight excluding hydrogens is 335 g/mol. The van der Waals surface area contributed by atoms with Crippen molar-refractivity contribution in [2.24, 2.45) is 0 Å². The summed E-state index contributed by atoms with van der Waals surface area (Å²) in [6.07, 6.45) is 0. The second kappa shape index (κ2) is 9.14. The molecular formula is H3BiCuNO3. The third-order valence-corrected chi connectivity index (χ3v) is 0. The maximum atomic E-state index is 8.25. The van der Waals surface area contributed by atoms with Crippen molar-refractivity contribution in [3.05, 3.63) is 15.3 Å². The van der Waals surface area contributed by atoms with Crippen molar-refractivity contribution in [1.29, 1.82) is 0 Å². The molecule has 0 bridgehead atoms. The third-order valence-electron chi connectivity index (χ3n) is 0. The average molecular weight is 338 g/mol. The first-order valence-corrected chi connectivity index (χ1v) is 0.548. The van der Waals surface area contributed by atoms with Crippen LogP contribution in [-0.2, 0) is 17.1 Å². The molecule has 0 radical (unpaired) electrons. The smallest absolute Gasteiger partial charge is 1.00 e. The van der Waals surface area contributed by atoms with Gasteiger partial charge in [0, 0.05) is 0 Å². The average Bonchev–Trinajstić information content (AvgIpc) is 0.811. The maximum absolute atomic E-state index is 8.25. The molecule has 42 valence electrons. The van der Waals surface area contributed by atoms with Gasteiger partial charge in [0.1, 0.15) is 0 Å². The minimum Gasteiger partial charge on any atom is 1.00 e. The Labute approximate surface area is 63.6 Å². The topological polar surface area (TPSA) is 66.2 Å². The first-order valence-electron chi connectivity index (χ1n) is 0.548. The molecule has 0 N–H and O–H groups in total. The SMILES string of the molecule is O=[N+]([O-])[O-].[BiH3].[Cu+]. The summed E-state index contributed by atoms with van der Waals surface area (Å²) in [4.78, 5) is 8.25. The van der Waals surface area contributed by atoms with E-state index in [0.717, 1.165) is 0 Å². The second-order valence-corrected chi connectivity index (χ2v) is 0.224. The molecule has 0 saturated heterocycles. The fourth-order valence-corrected chi connectivity index (χ4v) is 0. The van der Waals surface area contributed by atoms with Crippen molar-refractivity contribution in [3.63, 3.8) is 0 Å². The van der Waals surface area contributed by atoms with Crippen LogP contribution in [0.2, 0.25) is 0 Å². The molecule has 0 aromatic rings. The van der Waals surface area contributed by atoms with Crippen LogP contribution in [0.25, 0.3) is 0 Å². The molecule has 4 nitrogen and oxygen atoms in total. The standard InChI is InChI=1S/Bi.Cu.NO3.3H/c;;2-1(3)4;;;/q;+1;-1;;;. The normalized spacial score (nSPS) is 4.00. The van der Waals surface area contributed by atoms with Crippen LogP contribution < -0.4 is 0 Å². The summed E-state index contributed by atoms with van der Waals surface area (Å²) in [5.41, 5.74) is 0. The van der Waals surface area contributed by atoms with E-state index < -0.39 is 5.09 Å². The number of nitrogens with zero attached hydrogens (tertiary/aromatic N) is 1. The van der Waals surface area contributed by atoms with E-state index in [1.165, 1.54) is 0 Å². The zero-order valence-corrected chi connectivity index (χ0v) is 9.12. The monoisotopic (exact) mass is 337 g/mol. The van der Waals surface area contributed by atoms with Crippen LogP contribution in [0.3, 0.4) is 0 Å². The number of hydrogen-bond acceptors (Lipinski definition) is 3. The summed E-state index contributed by atoms with van der Waals surface area (Å²) in [6.45, 7) is 0. The van der Waals surface area contributed by atoms with Crippen LogP contribution in [0.5, 0.6) is 0 Å². The summed E-state index contributed by atoms with van der Waals surface area (Å²) in [5, 5.41) is 14.8. The Hall–Kier alpha value is 0.603. The molecule has 0 fully saturated rings. The third kappa shape index (κ3) is 165. The van der Waals surface area contributed by atoms with Crippen LogP contribution >= 0.6 is 0 Å². The van der Waals surface area contributed by atoms with Crippen LogP contribution in [-0.4, -0.2) is 31.3 Å². The van der Waals surface area contributed by atoms with Gasteiger partial charge >= 0.3 is 43.3 Å². The fraction of sp³-hybridized carbons (Fsp3) is 0. The molecule has 0 aromatic heterocycles. The summed E-state index contributed by atoms with van der Waals surface area (Å²) in [7, 11) is 0. The van der Waals surface area contributed by atoms with Gasteiger partial charge in [-0.1, -0.05) is 0 Å². The van der Waals surface area contributed by atoms with Gasteiger partial charge in [0.05, 0.1) is 5.09 Å². The first kappa shape index (κ1) is 16.0. The van der Waals surface area contributed by atoms with E-state index in [-0.39, 0.29) is 43.3 Å².